The molecule has 3 rings (SSSR count). The molecular weight excluding hydrogens is 326 g/mol. The second kappa shape index (κ2) is 7.68. The Balaban J connectivity index is 1.77. The number of hydrogen-bond donors (Lipinski definition) is 1. The van der Waals surface area contributed by atoms with Crippen molar-refractivity contribution in [1.82, 2.24) is 9.88 Å². The Morgan fingerprint density at radius 3 is 2.81 bits per heavy atom. The highest BCUT2D eigenvalue weighted by Gasteiger charge is 2.23. The third-order valence-electron chi connectivity index (χ3n) is 5.04. The maximum Gasteiger partial charge on any atom is 0.272 e. The summed E-state index contributed by atoms with van der Waals surface area (Å²) in [4.78, 5) is 31.4. The van der Waals surface area contributed by atoms with E-state index >= 15 is 0 Å². The van der Waals surface area contributed by atoms with Gasteiger partial charge in [0.15, 0.2) is 0 Å². The zero-order valence-corrected chi connectivity index (χ0v) is 15.6. The van der Waals surface area contributed by atoms with E-state index < -0.39 is 0 Å². The van der Waals surface area contributed by atoms with Gasteiger partial charge in [-0.15, -0.1) is 0 Å². The number of nitrogens with zero attached hydrogens (tertiary/aromatic N) is 2. The minimum absolute atomic E-state index is 0.0991. The fourth-order valence-electron chi connectivity index (χ4n) is 3.31. The van der Waals surface area contributed by atoms with Gasteiger partial charge in [-0.25, -0.2) is 0 Å². The van der Waals surface area contributed by atoms with E-state index in [2.05, 4.69) is 17.2 Å². The Kier molecular flexibility index (Phi) is 5.35. The van der Waals surface area contributed by atoms with Gasteiger partial charge in [-0.1, -0.05) is 19.1 Å². The van der Waals surface area contributed by atoms with Crippen LogP contribution in [0.2, 0.25) is 0 Å². The molecule has 2 heterocycles. The van der Waals surface area contributed by atoms with Gasteiger partial charge in [0, 0.05) is 30.5 Å². The SMILES string of the molecule is Cc1cccc(NC(=O)c2ccnc(C(=O)N3CCCC(C)C3)c2)c1C. The van der Waals surface area contributed by atoms with Crippen LogP contribution in [-0.2, 0) is 0 Å². The number of anilines is 1. The van der Waals surface area contributed by atoms with E-state index in [1.165, 1.54) is 6.20 Å². The van der Waals surface area contributed by atoms with Crippen molar-refractivity contribution in [1.29, 1.82) is 0 Å². The fourth-order valence-corrected chi connectivity index (χ4v) is 3.31. The van der Waals surface area contributed by atoms with Crippen LogP contribution in [0.1, 0.15) is 51.7 Å². The molecule has 1 atom stereocenters. The molecule has 1 unspecified atom stereocenters. The summed E-state index contributed by atoms with van der Waals surface area (Å²) in [5, 5.41) is 2.93. The van der Waals surface area contributed by atoms with E-state index in [-0.39, 0.29) is 11.8 Å². The summed E-state index contributed by atoms with van der Waals surface area (Å²) >= 11 is 0. The van der Waals surface area contributed by atoms with Crippen molar-refractivity contribution in [3.63, 3.8) is 0 Å². The van der Waals surface area contributed by atoms with Crippen molar-refractivity contribution in [2.75, 3.05) is 18.4 Å². The van der Waals surface area contributed by atoms with E-state index in [0.29, 0.717) is 17.2 Å². The van der Waals surface area contributed by atoms with Crippen LogP contribution >= 0.6 is 0 Å². The highest BCUT2D eigenvalue weighted by molar-refractivity contribution is 6.06. The van der Waals surface area contributed by atoms with E-state index in [9.17, 15) is 9.59 Å². The summed E-state index contributed by atoms with van der Waals surface area (Å²) in [5.74, 6) is 0.170. The zero-order chi connectivity index (χ0) is 18.7. The minimum Gasteiger partial charge on any atom is -0.337 e. The van der Waals surface area contributed by atoms with Gasteiger partial charge in [-0.05, 0) is 61.9 Å². The first-order chi connectivity index (χ1) is 12.5. The second-order valence-electron chi connectivity index (χ2n) is 7.13. The lowest BCUT2D eigenvalue weighted by Crippen LogP contribution is -2.39. The van der Waals surface area contributed by atoms with Crippen LogP contribution in [0.15, 0.2) is 36.5 Å². The van der Waals surface area contributed by atoms with Crippen molar-refractivity contribution in [2.45, 2.75) is 33.6 Å². The van der Waals surface area contributed by atoms with Gasteiger partial charge < -0.3 is 10.2 Å². The highest BCUT2D eigenvalue weighted by Crippen LogP contribution is 2.20. The number of aromatic nitrogens is 1. The van der Waals surface area contributed by atoms with Gasteiger partial charge in [0.05, 0.1) is 0 Å². The number of carbonyl (C=O) groups is 2. The molecule has 0 spiro atoms. The smallest absolute Gasteiger partial charge is 0.272 e. The number of benzene rings is 1. The number of pyridine rings is 1. The van der Waals surface area contributed by atoms with Crippen molar-refractivity contribution in [2.24, 2.45) is 5.92 Å². The van der Waals surface area contributed by atoms with Gasteiger partial charge in [0.25, 0.3) is 11.8 Å². The van der Waals surface area contributed by atoms with Crippen LogP contribution in [0.4, 0.5) is 5.69 Å². The van der Waals surface area contributed by atoms with Gasteiger partial charge in [0.2, 0.25) is 0 Å². The monoisotopic (exact) mass is 351 g/mol. The highest BCUT2D eigenvalue weighted by atomic mass is 16.2. The number of likely N-dealkylation sites (tertiary alicyclic amines) is 1. The molecule has 1 aromatic heterocycles. The molecule has 1 aliphatic rings. The molecule has 1 aromatic carbocycles. The van der Waals surface area contributed by atoms with Crippen LogP contribution < -0.4 is 5.32 Å². The van der Waals surface area contributed by atoms with Gasteiger partial charge in [-0.3, -0.25) is 14.6 Å². The summed E-state index contributed by atoms with van der Waals surface area (Å²) in [6, 6.07) is 9.02. The van der Waals surface area contributed by atoms with Crippen molar-refractivity contribution < 1.29 is 9.59 Å². The van der Waals surface area contributed by atoms with E-state index in [1.807, 2.05) is 36.9 Å². The molecule has 5 heteroatoms. The Morgan fingerprint density at radius 2 is 2.04 bits per heavy atom. The molecule has 2 aromatic rings. The summed E-state index contributed by atoms with van der Waals surface area (Å²) in [6.45, 7) is 7.64. The topological polar surface area (TPSA) is 62.3 Å². The van der Waals surface area contributed by atoms with Gasteiger partial charge in [0.1, 0.15) is 5.69 Å². The normalized spacial score (nSPS) is 17.0. The van der Waals surface area contributed by atoms with Crippen molar-refractivity contribution >= 4 is 17.5 Å². The number of hydrogen-bond acceptors (Lipinski definition) is 3. The maximum atomic E-state index is 12.7. The Bertz CT molecular complexity index is 832. The minimum atomic E-state index is -0.234. The van der Waals surface area contributed by atoms with Crippen LogP contribution in [0.3, 0.4) is 0 Å². The van der Waals surface area contributed by atoms with Crippen molar-refractivity contribution in [3.05, 3.63) is 58.9 Å². The Hall–Kier alpha value is -2.69. The standard InChI is InChI=1S/C21H25N3O2/c1-14-6-5-11-24(13-14)21(26)19-12-17(9-10-22-19)20(25)23-18-8-4-7-15(2)16(18)3/h4,7-10,12,14H,5-6,11,13H2,1-3H3,(H,23,25). The summed E-state index contributed by atoms with van der Waals surface area (Å²) < 4.78 is 0. The number of rotatable bonds is 3. The third kappa shape index (κ3) is 3.93. The lowest BCUT2D eigenvalue weighted by molar-refractivity contribution is 0.0677. The third-order valence-corrected chi connectivity index (χ3v) is 5.04. The molecule has 1 fully saturated rings. The van der Waals surface area contributed by atoms with Crippen LogP contribution in [0.25, 0.3) is 0 Å². The molecule has 0 aliphatic carbocycles. The molecular formula is C21H25N3O2. The summed E-state index contributed by atoms with van der Waals surface area (Å²) in [6.07, 6.45) is 3.69. The first-order valence-electron chi connectivity index (χ1n) is 9.08. The molecule has 0 bridgehead atoms. The quantitative estimate of drug-likeness (QED) is 0.914. The fraction of sp³-hybridized carbons (Fsp3) is 0.381. The van der Waals surface area contributed by atoms with E-state index in [1.54, 1.807) is 12.1 Å². The Morgan fingerprint density at radius 1 is 1.23 bits per heavy atom. The zero-order valence-electron chi connectivity index (χ0n) is 15.6. The van der Waals surface area contributed by atoms with Crippen LogP contribution in [0, 0.1) is 19.8 Å². The van der Waals surface area contributed by atoms with Gasteiger partial charge >= 0.3 is 0 Å². The first kappa shape index (κ1) is 18.1. The molecule has 2 amide bonds. The lowest BCUT2D eigenvalue weighted by Gasteiger charge is -2.30. The molecule has 5 nitrogen and oxygen atoms in total. The van der Waals surface area contributed by atoms with Crippen LogP contribution in [0.5, 0.6) is 0 Å². The lowest BCUT2D eigenvalue weighted by atomic mass is 10.00. The van der Waals surface area contributed by atoms with E-state index in [0.717, 1.165) is 42.7 Å². The van der Waals surface area contributed by atoms with Crippen molar-refractivity contribution in [3.8, 4) is 0 Å². The number of carbonyl (C=O) groups excluding carboxylic acids is 2. The predicted octanol–water partition coefficient (Wildman–Crippen LogP) is 3.82. The van der Waals surface area contributed by atoms with Crippen LogP contribution in [-0.4, -0.2) is 34.8 Å². The molecule has 1 N–H and O–H groups in total. The number of nitrogens with one attached hydrogen (secondary N) is 1. The largest absolute Gasteiger partial charge is 0.337 e. The predicted molar refractivity (Wildman–Crippen MR) is 102 cm³/mol. The molecule has 136 valence electrons. The molecule has 0 radical (unpaired) electrons. The average molecular weight is 351 g/mol. The molecule has 0 saturated carbocycles. The maximum absolute atomic E-state index is 12.7. The molecule has 1 aliphatic heterocycles. The Labute approximate surface area is 154 Å². The first-order valence-corrected chi connectivity index (χ1v) is 9.08. The molecule has 26 heavy (non-hydrogen) atoms. The average Bonchev–Trinajstić information content (AvgIpc) is 2.65. The van der Waals surface area contributed by atoms with Gasteiger partial charge in [-0.2, -0.15) is 0 Å². The van der Waals surface area contributed by atoms with E-state index in [4.69, 9.17) is 0 Å². The number of piperidine rings is 1. The summed E-state index contributed by atoms with van der Waals surface area (Å²) in [5.41, 5.74) is 3.70. The second-order valence-corrected chi connectivity index (χ2v) is 7.13. The number of aryl methyl sites for hydroxylation is 1. The number of amides is 2. The molecule has 1 saturated heterocycles. The summed E-state index contributed by atoms with van der Waals surface area (Å²) in [7, 11) is 0.